The maximum Gasteiger partial charge on any atom is 0.253 e. The molecule has 3 rings (SSSR count). The van der Waals surface area contributed by atoms with Crippen molar-refractivity contribution < 1.29 is 9.53 Å². The van der Waals surface area contributed by atoms with Crippen LogP contribution in [0.5, 0.6) is 0 Å². The average Bonchev–Trinajstić information content (AvgIpc) is 3.26. The lowest BCUT2D eigenvalue weighted by molar-refractivity contribution is 0.0802. The van der Waals surface area contributed by atoms with Crippen molar-refractivity contribution in [3.05, 3.63) is 47.2 Å². The van der Waals surface area contributed by atoms with Crippen LogP contribution in [-0.4, -0.2) is 54.6 Å². The second-order valence-corrected chi connectivity index (χ2v) is 7.88. The number of carbonyl (C=O) groups excluding carboxylic acids is 1. The number of rotatable bonds is 8. The van der Waals surface area contributed by atoms with E-state index in [4.69, 9.17) is 9.72 Å². The van der Waals surface area contributed by atoms with Crippen LogP contribution >= 0.6 is 11.8 Å². The van der Waals surface area contributed by atoms with E-state index < -0.39 is 0 Å². The summed E-state index contributed by atoms with van der Waals surface area (Å²) in [5.74, 6) is 1.74. The van der Waals surface area contributed by atoms with E-state index >= 15 is 0 Å². The fourth-order valence-electron chi connectivity index (χ4n) is 3.16. The van der Waals surface area contributed by atoms with Gasteiger partial charge in [0, 0.05) is 51.2 Å². The Labute approximate surface area is 171 Å². The molecule has 2 aromatic rings. The molecule has 0 unspecified atom stereocenters. The van der Waals surface area contributed by atoms with E-state index in [9.17, 15) is 4.79 Å². The Morgan fingerprint density at radius 3 is 2.75 bits per heavy atom. The molecular formula is C21H28N4O2S. The van der Waals surface area contributed by atoms with Gasteiger partial charge in [-0.2, -0.15) is 0 Å². The number of ether oxygens (including phenoxy) is 1. The molecule has 1 aromatic heterocycles. The van der Waals surface area contributed by atoms with Crippen molar-refractivity contribution in [1.82, 2.24) is 14.9 Å². The summed E-state index contributed by atoms with van der Waals surface area (Å²) in [5, 5.41) is 0.749. The molecule has 150 valence electrons. The third-order valence-electron chi connectivity index (χ3n) is 4.83. The van der Waals surface area contributed by atoms with Crippen molar-refractivity contribution in [3.63, 3.8) is 0 Å². The first-order valence-corrected chi connectivity index (χ1v) is 10.7. The summed E-state index contributed by atoms with van der Waals surface area (Å²) in [6.45, 7) is 5.23. The van der Waals surface area contributed by atoms with Gasteiger partial charge < -0.3 is 14.5 Å². The molecule has 1 fully saturated rings. The number of hydrogen-bond donors (Lipinski definition) is 0. The zero-order valence-corrected chi connectivity index (χ0v) is 17.7. The van der Waals surface area contributed by atoms with Crippen LogP contribution in [0.15, 0.2) is 35.5 Å². The van der Waals surface area contributed by atoms with Gasteiger partial charge in [-0.1, -0.05) is 23.9 Å². The lowest BCUT2D eigenvalue weighted by Crippen LogP contribution is -2.26. The van der Waals surface area contributed by atoms with E-state index in [1.807, 2.05) is 44.3 Å². The van der Waals surface area contributed by atoms with E-state index in [-0.39, 0.29) is 5.91 Å². The molecule has 0 bridgehead atoms. The van der Waals surface area contributed by atoms with Gasteiger partial charge >= 0.3 is 0 Å². The molecular weight excluding hydrogens is 372 g/mol. The third-order valence-corrected chi connectivity index (χ3v) is 5.75. The first kappa shape index (κ1) is 20.6. The van der Waals surface area contributed by atoms with Crippen molar-refractivity contribution in [2.75, 3.05) is 38.7 Å². The number of methoxy groups -OCH3 is 1. The molecule has 2 heterocycles. The largest absolute Gasteiger partial charge is 0.378 e. The fraction of sp³-hybridized carbons (Fsp3) is 0.476. The highest BCUT2D eigenvalue weighted by Crippen LogP contribution is 2.25. The molecule has 0 saturated carbocycles. The standard InChI is InChI=1S/C21H28N4O2S/c1-4-24(2)20(26)17-9-7-8-16(12-17)15-28-21-22-18(14-27-3)13-19(23-21)25-10-5-6-11-25/h7-9,12-13H,4-6,10-11,14-15H2,1-3H3. The molecule has 0 spiro atoms. The zero-order chi connectivity index (χ0) is 19.9. The molecule has 7 heteroatoms. The number of carbonyl (C=O) groups is 1. The molecule has 1 aliphatic rings. The van der Waals surface area contributed by atoms with E-state index in [1.165, 1.54) is 12.8 Å². The predicted octanol–water partition coefficient (Wildman–Crippen LogP) is 3.61. The van der Waals surface area contributed by atoms with Crippen LogP contribution in [0.1, 0.15) is 41.4 Å². The van der Waals surface area contributed by atoms with Crippen molar-refractivity contribution >= 4 is 23.5 Å². The Hall–Kier alpha value is -2.12. The monoisotopic (exact) mass is 400 g/mol. The number of hydrogen-bond acceptors (Lipinski definition) is 6. The Balaban J connectivity index is 1.74. The van der Waals surface area contributed by atoms with E-state index in [0.29, 0.717) is 24.5 Å². The van der Waals surface area contributed by atoms with Crippen LogP contribution in [0, 0.1) is 0 Å². The molecule has 1 aliphatic heterocycles. The highest BCUT2D eigenvalue weighted by Gasteiger charge is 2.16. The maximum absolute atomic E-state index is 12.4. The van der Waals surface area contributed by atoms with Crippen LogP contribution in [-0.2, 0) is 17.1 Å². The fourth-order valence-corrected chi connectivity index (χ4v) is 3.98. The summed E-state index contributed by atoms with van der Waals surface area (Å²) >= 11 is 1.59. The molecule has 28 heavy (non-hydrogen) atoms. The molecule has 0 radical (unpaired) electrons. The minimum absolute atomic E-state index is 0.0454. The van der Waals surface area contributed by atoms with Gasteiger partial charge in [0.05, 0.1) is 12.3 Å². The molecule has 0 aliphatic carbocycles. The SMILES string of the molecule is CCN(C)C(=O)c1cccc(CSc2nc(COC)cc(N3CCCC3)n2)c1. The number of nitrogens with zero attached hydrogens (tertiary/aromatic N) is 4. The Morgan fingerprint density at radius 2 is 2.04 bits per heavy atom. The van der Waals surface area contributed by atoms with Gasteiger partial charge in [0.25, 0.3) is 5.91 Å². The molecule has 1 amide bonds. The normalized spacial score (nSPS) is 13.8. The quantitative estimate of drug-likeness (QED) is 0.498. The molecule has 1 aromatic carbocycles. The van der Waals surface area contributed by atoms with Crippen LogP contribution in [0.25, 0.3) is 0 Å². The molecule has 6 nitrogen and oxygen atoms in total. The van der Waals surface area contributed by atoms with Crippen LogP contribution in [0.4, 0.5) is 5.82 Å². The van der Waals surface area contributed by atoms with Gasteiger partial charge in [0.2, 0.25) is 0 Å². The Morgan fingerprint density at radius 1 is 1.25 bits per heavy atom. The first-order chi connectivity index (χ1) is 13.6. The summed E-state index contributed by atoms with van der Waals surface area (Å²) < 4.78 is 5.28. The van der Waals surface area contributed by atoms with Crippen LogP contribution < -0.4 is 4.90 Å². The highest BCUT2D eigenvalue weighted by atomic mass is 32.2. The van der Waals surface area contributed by atoms with E-state index in [0.717, 1.165) is 35.3 Å². The minimum Gasteiger partial charge on any atom is -0.378 e. The molecule has 1 saturated heterocycles. The summed E-state index contributed by atoms with van der Waals surface area (Å²) in [7, 11) is 3.50. The Bertz CT molecular complexity index is 809. The number of amides is 1. The summed E-state index contributed by atoms with van der Waals surface area (Å²) in [6, 6.07) is 9.82. The summed E-state index contributed by atoms with van der Waals surface area (Å²) in [4.78, 5) is 25.8. The number of thioether (sulfide) groups is 1. The average molecular weight is 401 g/mol. The van der Waals surface area contributed by atoms with Gasteiger partial charge in [0.1, 0.15) is 5.82 Å². The van der Waals surface area contributed by atoms with E-state index in [1.54, 1.807) is 23.8 Å². The predicted molar refractivity (Wildman–Crippen MR) is 113 cm³/mol. The van der Waals surface area contributed by atoms with Crippen LogP contribution in [0.3, 0.4) is 0 Å². The van der Waals surface area contributed by atoms with Crippen LogP contribution in [0.2, 0.25) is 0 Å². The van der Waals surface area contributed by atoms with Crippen molar-refractivity contribution in [2.24, 2.45) is 0 Å². The van der Waals surface area contributed by atoms with Gasteiger partial charge in [-0.15, -0.1) is 0 Å². The number of benzene rings is 1. The second kappa shape index (κ2) is 9.89. The van der Waals surface area contributed by atoms with Gasteiger partial charge in [-0.05, 0) is 37.5 Å². The van der Waals surface area contributed by atoms with Crippen molar-refractivity contribution in [2.45, 2.75) is 37.3 Å². The van der Waals surface area contributed by atoms with Gasteiger partial charge in [0.15, 0.2) is 5.16 Å². The minimum atomic E-state index is 0.0454. The lowest BCUT2D eigenvalue weighted by atomic mass is 10.1. The summed E-state index contributed by atoms with van der Waals surface area (Å²) in [5.41, 5.74) is 2.70. The van der Waals surface area contributed by atoms with Crippen molar-refractivity contribution in [3.8, 4) is 0 Å². The smallest absolute Gasteiger partial charge is 0.253 e. The third kappa shape index (κ3) is 5.23. The maximum atomic E-state index is 12.4. The van der Waals surface area contributed by atoms with E-state index in [2.05, 4.69) is 9.88 Å². The number of aromatic nitrogens is 2. The molecule has 0 atom stereocenters. The van der Waals surface area contributed by atoms with Crippen molar-refractivity contribution in [1.29, 1.82) is 0 Å². The second-order valence-electron chi connectivity index (χ2n) is 6.94. The van der Waals surface area contributed by atoms with Gasteiger partial charge in [-0.3, -0.25) is 4.79 Å². The highest BCUT2D eigenvalue weighted by molar-refractivity contribution is 7.98. The topological polar surface area (TPSA) is 58.6 Å². The summed E-state index contributed by atoms with van der Waals surface area (Å²) in [6.07, 6.45) is 2.41. The molecule has 0 N–H and O–H groups in total. The zero-order valence-electron chi connectivity index (χ0n) is 16.9. The lowest BCUT2D eigenvalue weighted by Gasteiger charge is -2.18. The Kier molecular flexibility index (Phi) is 7.28. The van der Waals surface area contributed by atoms with Gasteiger partial charge in [-0.25, -0.2) is 9.97 Å². The number of anilines is 1. The first-order valence-electron chi connectivity index (χ1n) is 9.69.